The Hall–Kier alpha value is -1.95. The quantitative estimate of drug-likeness (QED) is 0.643. The molecule has 1 aromatic carbocycles. The summed E-state index contributed by atoms with van der Waals surface area (Å²) in [6, 6.07) is 7.93. The van der Waals surface area contributed by atoms with Gasteiger partial charge in [0.15, 0.2) is 0 Å². The lowest BCUT2D eigenvalue weighted by molar-refractivity contribution is 0.605. The minimum atomic E-state index is -0.215. The van der Waals surface area contributed by atoms with Gasteiger partial charge in [-0.2, -0.15) is 9.78 Å². The summed E-state index contributed by atoms with van der Waals surface area (Å²) >= 11 is 1.34. The van der Waals surface area contributed by atoms with Crippen LogP contribution in [0.5, 0.6) is 0 Å². The van der Waals surface area contributed by atoms with Gasteiger partial charge in [0.2, 0.25) is 5.16 Å². The number of rotatable bonds is 4. The number of hydrogen-bond donors (Lipinski definition) is 0. The molecule has 0 aliphatic carbocycles. The minimum absolute atomic E-state index is 0.0155. The second kappa shape index (κ2) is 6.67. The van der Waals surface area contributed by atoms with Crippen molar-refractivity contribution in [1.29, 1.82) is 0 Å². The smallest absolute Gasteiger partial charge is 0.265 e. The van der Waals surface area contributed by atoms with E-state index in [2.05, 4.69) is 15.3 Å². The van der Waals surface area contributed by atoms with Crippen molar-refractivity contribution in [2.24, 2.45) is 5.10 Å². The summed E-state index contributed by atoms with van der Waals surface area (Å²) in [4.78, 5) is 12.4. The Bertz CT molecular complexity index is 705. The molecule has 1 heterocycles. The van der Waals surface area contributed by atoms with E-state index in [0.717, 1.165) is 5.56 Å². The van der Waals surface area contributed by atoms with E-state index in [1.807, 2.05) is 51.3 Å². The van der Waals surface area contributed by atoms with E-state index in [4.69, 9.17) is 0 Å². The van der Waals surface area contributed by atoms with Crippen LogP contribution in [0.2, 0.25) is 0 Å². The molecule has 110 valence electrons. The van der Waals surface area contributed by atoms with Crippen molar-refractivity contribution in [2.45, 2.75) is 31.8 Å². The molecule has 0 spiro atoms. The molecule has 0 bridgehead atoms. The van der Waals surface area contributed by atoms with Gasteiger partial charge in [-0.05, 0) is 18.7 Å². The predicted molar refractivity (Wildman–Crippen MR) is 86.3 cm³/mol. The summed E-state index contributed by atoms with van der Waals surface area (Å²) in [5.74, 6) is 0.0155. The molecule has 0 aliphatic heterocycles. The molecule has 0 atom stereocenters. The molecular weight excluding hydrogens is 284 g/mol. The fraction of sp³-hybridized carbons (Fsp3) is 0.333. The highest BCUT2D eigenvalue weighted by Gasteiger charge is 2.13. The number of aromatic nitrogens is 3. The third-order valence-corrected chi connectivity index (χ3v) is 3.58. The molecule has 5 nitrogen and oxygen atoms in total. The molecule has 2 rings (SSSR count). The molecular formula is C15H18N4OS. The molecule has 0 N–H and O–H groups in total. The Kier molecular flexibility index (Phi) is 4.90. The predicted octanol–water partition coefficient (Wildman–Crippen LogP) is 2.67. The number of hydrogen-bond acceptors (Lipinski definition) is 5. The van der Waals surface area contributed by atoms with Crippen LogP contribution in [0.25, 0.3) is 0 Å². The molecule has 1 aromatic heterocycles. The molecule has 0 fully saturated rings. The van der Waals surface area contributed by atoms with Crippen LogP contribution in [0.15, 0.2) is 39.3 Å². The van der Waals surface area contributed by atoms with Crippen LogP contribution in [0.3, 0.4) is 0 Å². The second-order valence-corrected chi connectivity index (χ2v) is 5.77. The highest BCUT2D eigenvalue weighted by atomic mass is 32.2. The highest BCUT2D eigenvalue weighted by molar-refractivity contribution is 7.98. The Morgan fingerprint density at radius 3 is 2.48 bits per heavy atom. The second-order valence-electron chi connectivity index (χ2n) is 5.00. The van der Waals surface area contributed by atoms with Crippen LogP contribution in [0.4, 0.5) is 0 Å². The molecule has 21 heavy (non-hydrogen) atoms. The van der Waals surface area contributed by atoms with E-state index < -0.39 is 0 Å². The lowest BCUT2D eigenvalue weighted by Crippen LogP contribution is -2.26. The minimum Gasteiger partial charge on any atom is -0.265 e. The number of benzene rings is 1. The zero-order chi connectivity index (χ0) is 15.4. The molecule has 0 saturated carbocycles. The van der Waals surface area contributed by atoms with E-state index >= 15 is 0 Å². The van der Waals surface area contributed by atoms with Gasteiger partial charge in [-0.3, -0.25) is 4.79 Å². The Balaban J connectivity index is 2.44. The van der Waals surface area contributed by atoms with E-state index in [1.165, 1.54) is 22.0 Å². The summed E-state index contributed by atoms with van der Waals surface area (Å²) < 4.78 is 1.31. The molecule has 0 amide bonds. The first-order valence-corrected chi connectivity index (χ1v) is 7.90. The average molecular weight is 302 g/mol. The topological polar surface area (TPSA) is 60.1 Å². The summed E-state index contributed by atoms with van der Waals surface area (Å²) in [6.07, 6.45) is 3.50. The Morgan fingerprint density at radius 2 is 1.90 bits per heavy atom. The standard InChI is InChI=1S/C15H18N4OS/c1-10(2)13-14(20)19(15(21-4)18-17-13)16-9-12-7-5-11(3)6-8-12/h5-10H,1-4H3. The van der Waals surface area contributed by atoms with Gasteiger partial charge in [-0.1, -0.05) is 55.4 Å². The van der Waals surface area contributed by atoms with Crippen LogP contribution in [0, 0.1) is 6.92 Å². The molecule has 6 heteroatoms. The monoisotopic (exact) mass is 302 g/mol. The summed E-state index contributed by atoms with van der Waals surface area (Å²) in [5, 5.41) is 12.8. The zero-order valence-corrected chi connectivity index (χ0v) is 13.4. The average Bonchev–Trinajstić information content (AvgIpc) is 2.47. The van der Waals surface area contributed by atoms with Crippen LogP contribution < -0.4 is 5.56 Å². The third kappa shape index (κ3) is 3.58. The van der Waals surface area contributed by atoms with Crippen LogP contribution >= 0.6 is 11.8 Å². The molecule has 0 unspecified atom stereocenters. The van der Waals surface area contributed by atoms with Crippen molar-refractivity contribution in [1.82, 2.24) is 14.9 Å². The van der Waals surface area contributed by atoms with Crippen molar-refractivity contribution in [3.63, 3.8) is 0 Å². The maximum Gasteiger partial charge on any atom is 0.297 e. The SMILES string of the molecule is CSc1nnc(C(C)C)c(=O)n1N=Cc1ccc(C)cc1. The van der Waals surface area contributed by atoms with Gasteiger partial charge < -0.3 is 0 Å². The first-order valence-electron chi connectivity index (χ1n) is 6.67. The number of aryl methyl sites for hydroxylation is 1. The molecule has 0 aliphatic rings. The molecule has 0 saturated heterocycles. The third-order valence-electron chi connectivity index (χ3n) is 2.97. The van der Waals surface area contributed by atoms with E-state index in [9.17, 15) is 4.79 Å². The maximum atomic E-state index is 12.4. The summed E-state index contributed by atoms with van der Waals surface area (Å²) in [5.41, 5.74) is 2.32. The van der Waals surface area contributed by atoms with Crippen LogP contribution in [-0.4, -0.2) is 27.3 Å². The molecule has 2 aromatic rings. The number of nitrogens with zero attached hydrogens (tertiary/aromatic N) is 4. The van der Waals surface area contributed by atoms with Crippen molar-refractivity contribution < 1.29 is 0 Å². The van der Waals surface area contributed by atoms with Crippen molar-refractivity contribution in [3.05, 3.63) is 51.4 Å². The van der Waals surface area contributed by atoms with Gasteiger partial charge >= 0.3 is 0 Å². The van der Waals surface area contributed by atoms with Gasteiger partial charge in [0.1, 0.15) is 5.69 Å². The lowest BCUT2D eigenvalue weighted by atomic mass is 10.1. The maximum absolute atomic E-state index is 12.4. The van der Waals surface area contributed by atoms with E-state index in [0.29, 0.717) is 10.9 Å². The number of thioether (sulfide) groups is 1. The Morgan fingerprint density at radius 1 is 1.24 bits per heavy atom. The summed E-state index contributed by atoms with van der Waals surface area (Å²) in [7, 11) is 0. The summed E-state index contributed by atoms with van der Waals surface area (Å²) in [6.45, 7) is 5.86. The van der Waals surface area contributed by atoms with E-state index in [-0.39, 0.29) is 11.5 Å². The fourth-order valence-electron chi connectivity index (χ4n) is 1.75. The van der Waals surface area contributed by atoms with Crippen molar-refractivity contribution >= 4 is 18.0 Å². The first kappa shape index (κ1) is 15.4. The zero-order valence-electron chi connectivity index (χ0n) is 12.6. The first-order chi connectivity index (χ1) is 10.0. The lowest BCUT2D eigenvalue weighted by Gasteiger charge is -2.07. The molecule has 0 radical (unpaired) electrons. The van der Waals surface area contributed by atoms with Gasteiger partial charge in [-0.25, -0.2) is 0 Å². The Labute approximate surface area is 128 Å². The van der Waals surface area contributed by atoms with Crippen molar-refractivity contribution in [3.8, 4) is 0 Å². The van der Waals surface area contributed by atoms with Crippen LogP contribution in [-0.2, 0) is 0 Å². The van der Waals surface area contributed by atoms with Gasteiger partial charge in [0.05, 0.1) is 6.21 Å². The van der Waals surface area contributed by atoms with E-state index in [1.54, 1.807) is 6.21 Å². The fourth-order valence-corrected chi connectivity index (χ4v) is 2.17. The highest BCUT2D eigenvalue weighted by Crippen LogP contribution is 2.11. The van der Waals surface area contributed by atoms with Gasteiger partial charge in [0, 0.05) is 5.92 Å². The normalized spacial score (nSPS) is 11.5. The largest absolute Gasteiger partial charge is 0.297 e. The van der Waals surface area contributed by atoms with Crippen LogP contribution in [0.1, 0.15) is 36.6 Å². The van der Waals surface area contributed by atoms with Gasteiger partial charge in [-0.15, -0.1) is 10.2 Å². The van der Waals surface area contributed by atoms with Crippen molar-refractivity contribution in [2.75, 3.05) is 6.26 Å². The van der Waals surface area contributed by atoms with Gasteiger partial charge in [0.25, 0.3) is 5.56 Å².